The third-order valence-electron chi connectivity index (χ3n) is 3.63. The van der Waals surface area contributed by atoms with Crippen LogP contribution in [0.5, 0.6) is 0 Å². The molecular weight excluding hydrogens is 302 g/mol. The number of aryl methyl sites for hydroxylation is 2. The van der Waals surface area contributed by atoms with Gasteiger partial charge in [0.1, 0.15) is 0 Å². The molecule has 0 radical (unpaired) electrons. The van der Waals surface area contributed by atoms with Crippen molar-refractivity contribution in [2.75, 3.05) is 12.8 Å². The van der Waals surface area contributed by atoms with Crippen molar-refractivity contribution in [1.29, 1.82) is 0 Å². The standard InChI is InChI=1S/C16H22ClN3S/c1-5-18-14(12-6-8-13(21-4)9-7-12)10-15-16(17)11(2)19-20(15)3/h6-9,14,18H,5,10H2,1-4H3. The second-order valence-electron chi connectivity index (χ2n) is 5.06. The highest BCUT2D eigenvalue weighted by Gasteiger charge is 2.18. The van der Waals surface area contributed by atoms with E-state index in [4.69, 9.17) is 11.6 Å². The van der Waals surface area contributed by atoms with Crippen molar-refractivity contribution in [3.63, 3.8) is 0 Å². The van der Waals surface area contributed by atoms with Crippen LogP contribution in [0.15, 0.2) is 29.2 Å². The molecule has 2 rings (SSSR count). The van der Waals surface area contributed by atoms with E-state index in [1.807, 2.05) is 18.7 Å². The Morgan fingerprint density at radius 3 is 2.48 bits per heavy atom. The monoisotopic (exact) mass is 323 g/mol. The van der Waals surface area contributed by atoms with Gasteiger partial charge in [0, 0.05) is 24.4 Å². The molecule has 1 aromatic carbocycles. The Bertz CT molecular complexity index is 592. The first-order valence-corrected chi connectivity index (χ1v) is 8.72. The lowest BCUT2D eigenvalue weighted by molar-refractivity contribution is 0.528. The molecule has 114 valence electrons. The second-order valence-corrected chi connectivity index (χ2v) is 6.31. The van der Waals surface area contributed by atoms with E-state index in [9.17, 15) is 0 Å². The summed E-state index contributed by atoms with van der Waals surface area (Å²) in [5.74, 6) is 0. The fourth-order valence-corrected chi connectivity index (χ4v) is 3.13. The topological polar surface area (TPSA) is 29.9 Å². The lowest BCUT2D eigenvalue weighted by Crippen LogP contribution is -2.24. The van der Waals surface area contributed by atoms with Gasteiger partial charge in [-0.1, -0.05) is 30.7 Å². The molecule has 0 aliphatic rings. The SMILES string of the molecule is CCNC(Cc1c(Cl)c(C)nn1C)c1ccc(SC)cc1. The van der Waals surface area contributed by atoms with Crippen LogP contribution in [0, 0.1) is 6.92 Å². The summed E-state index contributed by atoms with van der Waals surface area (Å²) < 4.78 is 1.89. The zero-order valence-electron chi connectivity index (χ0n) is 13.0. The molecule has 0 saturated heterocycles. The van der Waals surface area contributed by atoms with Gasteiger partial charge in [0.15, 0.2) is 0 Å². The highest BCUT2D eigenvalue weighted by Crippen LogP contribution is 2.26. The molecule has 1 heterocycles. The van der Waals surface area contributed by atoms with Gasteiger partial charge >= 0.3 is 0 Å². The highest BCUT2D eigenvalue weighted by atomic mass is 35.5. The minimum atomic E-state index is 0.248. The van der Waals surface area contributed by atoms with Crippen LogP contribution in [0.2, 0.25) is 5.02 Å². The van der Waals surface area contributed by atoms with Crippen LogP contribution >= 0.6 is 23.4 Å². The summed E-state index contributed by atoms with van der Waals surface area (Å²) in [7, 11) is 1.95. The molecule has 0 aliphatic carbocycles. The predicted molar refractivity (Wildman–Crippen MR) is 91.3 cm³/mol. The number of aromatic nitrogens is 2. The zero-order chi connectivity index (χ0) is 15.4. The summed E-state index contributed by atoms with van der Waals surface area (Å²) in [6.07, 6.45) is 2.93. The van der Waals surface area contributed by atoms with Gasteiger partial charge in [-0.15, -0.1) is 11.8 Å². The van der Waals surface area contributed by atoms with E-state index >= 15 is 0 Å². The maximum Gasteiger partial charge on any atom is 0.0847 e. The predicted octanol–water partition coefficient (Wildman–Crippen LogP) is 4.00. The third-order valence-corrected chi connectivity index (χ3v) is 4.86. The molecule has 3 nitrogen and oxygen atoms in total. The Morgan fingerprint density at radius 2 is 2.00 bits per heavy atom. The molecule has 0 amide bonds. The van der Waals surface area contributed by atoms with E-state index in [-0.39, 0.29) is 6.04 Å². The Morgan fingerprint density at radius 1 is 1.33 bits per heavy atom. The molecule has 0 bridgehead atoms. The van der Waals surface area contributed by atoms with E-state index in [1.54, 1.807) is 11.8 Å². The fraction of sp³-hybridized carbons (Fsp3) is 0.438. The Kier molecular flexibility index (Phi) is 5.73. The van der Waals surface area contributed by atoms with Gasteiger partial charge in [-0.25, -0.2) is 0 Å². The van der Waals surface area contributed by atoms with Crippen LogP contribution in [0.1, 0.15) is 29.9 Å². The third kappa shape index (κ3) is 3.82. The van der Waals surface area contributed by atoms with Crippen molar-refractivity contribution in [3.05, 3.63) is 46.2 Å². The Hall–Kier alpha value is -0.970. The number of benzene rings is 1. The van der Waals surface area contributed by atoms with Gasteiger partial charge in [0.05, 0.1) is 16.4 Å². The van der Waals surface area contributed by atoms with E-state index in [0.29, 0.717) is 0 Å². The average Bonchev–Trinajstić information content (AvgIpc) is 2.73. The quantitative estimate of drug-likeness (QED) is 0.815. The molecule has 0 fully saturated rings. The van der Waals surface area contributed by atoms with Gasteiger partial charge < -0.3 is 5.32 Å². The summed E-state index contributed by atoms with van der Waals surface area (Å²) >= 11 is 8.14. The van der Waals surface area contributed by atoms with Crippen LogP contribution in [0.25, 0.3) is 0 Å². The number of rotatable bonds is 6. The molecule has 1 aromatic heterocycles. The summed E-state index contributed by atoms with van der Waals surface area (Å²) in [6.45, 7) is 4.99. The minimum Gasteiger partial charge on any atom is -0.310 e. The fourth-order valence-electron chi connectivity index (χ4n) is 2.49. The number of hydrogen-bond donors (Lipinski definition) is 1. The van der Waals surface area contributed by atoms with Crippen molar-refractivity contribution >= 4 is 23.4 Å². The molecule has 21 heavy (non-hydrogen) atoms. The van der Waals surface area contributed by atoms with Crippen LogP contribution in [0.4, 0.5) is 0 Å². The first-order valence-electron chi connectivity index (χ1n) is 7.12. The molecule has 2 aromatic rings. The summed E-state index contributed by atoms with van der Waals surface area (Å²) in [4.78, 5) is 1.28. The lowest BCUT2D eigenvalue weighted by atomic mass is 10.0. The smallest absolute Gasteiger partial charge is 0.0847 e. The van der Waals surface area contributed by atoms with E-state index < -0.39 is 0 Å². The first kappa shape index (κ1) is 16.4. The van der Waals surface area contributed by atoms with Gasteiger partial charge in [-0.05, 0) is 37.4 Å². The van der Waals surface area contributed by atoms with Crippen molar-refractivity contribution < 1.29 is 0 Å². The molecule has 1 atom stereocenters. The van der Waals surface area contributed by atoms with Crippen molar-refractivity contribution in [1.82, 2.24) is 15.1 Å². The summed E-state index contributed by atoms with van der Waals surface area (Å²) in [6, 6.07) is 8.96. The van der Waals surface area contributed by atoms with Crippen molar-refractivity contribution in [2.24, 2.45) is 7.05 Å². The van der Waals surface area contributed by atoms with Crippen molar-refractivity contribution in [2.45, 2.75) is 31.2 Å². The van der Waals surface area contributed by atoms with Gasteiger partial charge in [0.2, 0.25) is 0 Å². The lowest BCUT2D eigenvalue weighted by Gasteiger charge is -2.19. The largest absolute Gasteiger partial charge is 0.310 e. The first-order chi connectivity index (χ1) is 10.1. The number of nitrogens with zero attached hydrogens (tertiary/aromatic N) is 2. The van der Waals surface area contributed by atoms with Crippen LogP contribution < -0.4 is 5.32 Å². The van der Waals surface area contributed by atoms with Crippen LogP contribution in [0.3, 0.4) is 0 Å². The Balaban J connectivity index is 2.25. The zero-order valence-corrected chi connectivity index (χ0v) is 14.6. The van der Waals surface area contributed by atoms with Crippen LogP contribution in [-0.2, 0) is 13.5 Å². The normalized spacial score (nSPS) is 12.6. The maximum atomic E-state index is 6.38. The van der Waals surface area contributed by atoms with E-state index in [1.165, 1.54) is 10.5 Å². The molecule has 5 heteroatoms. The van der Waals surface area contributed by atoms with Crippen LogP contribution in [-0.4, -0.2) is 22.6 Å². The number of thioether (sulfide) groups is 1. The number of nitrogens with one attached hydrogen (secondary N) is 1. The maximum absolute atomic E-state index is 6.38. The molecular formula is C16H22ClN3S. The molecule has 0 aliphatic heterocycles. The average molecular weight is 324 g/mol. The number of hydrogen-bond acceptors (Lipinski definition) is 3. The molecule has 1 unspecified atom stereocenters. The highest BCUT2D eigenvalue weighted by molar-refractivity contribution is 7.98. The number of likely N-dealkylation sites (N-methyl/N-ethyl adjacent to an activating group) is 1. The van der Waals surface area contributed by atoms with E-state index in [0.717, 1.165) is 29.4 Å². The van der Waals surface area contributed by atoms with Crippen molar-refractivity contribution in [3.8, 4) is 0 Å². The number of halogens is 1. The molecule has 0 saturated carbocycles. The minimum absolute atomic E-state index is 0.248. The molecule has 1 N–H and O–H groups in total. The second kappa shape index (κ2) is 7.34. The molecule has 0 spiro atoms. The van der Waals surface area contributed by atoms with Gasteiger partial charge in [-0.2, -0.15) is 5.10 Å². The van der Waals surface area contributed by atoms with E-state index in [2.05, 4.69) is 47.9 Å². The van der Waals surface area contributed by atoms with Gasteiger partial charge in [0.25, 0.3) is 0 Å². The summed E-state index contributed by atoms with van der Waals surface area (Å²) in [5.41, 5.74) is 3.25. The Labute approximate surface area is 136 Å². The summed E-state index contributed by atoms with van der Waals surface area (Å²) in [5, 5.41) is 8.72. The van der Waals surface area contributed by atoms with Gasteiger partial charge in [-0.3, -0.25) is 4.68 Å².